The maximum atomic E-state index is 12.4. The van der Waals surface area contributed by atoms with E-state index in [1.54, 1.807) is 25.1 Å². The molecule has 8 heteroatoms. The zero-order valence-electron chi connectivity index (χ0n) is 12.0. The minimum absolute atomic E-state index is 0.0473. The first-order valence-electron chi connectivity index (χ1n) is 6.66. The van der Waals surface area contributed by atoms with E-state index in [0.29, 0.717) is 0 Å². The molecule has 0 spiro atoms. The molecule has 0 saturated carbocycles. The highest BCUT2D eigenvalue weighted by Crippen LogP contribution is 2.16. The lowest BCUT2D eigenvalue weighted by Crippen LogP contribution is -2.45. The number of esters is 1. The van der Waals surface area contributed by atoms with Crippen molar-refractivity contribution in [1.82, 2.24) is 10.6 Å². The van der Waals surface area contributed by atoms with Crippen molar-refractivity contribution in [3.63, 3.8) is 0 Å². The largest absolute Gasteiger partial charge is 0.463 e. The average molecular weight is 324 g/mol. The highest BCUT2D eigenvalue weighted by Gasteiger charge is 2.27. The van der Waals surface area contributed by atoms with Crippen LogP contribution in [0.4, 0.5) is 4.79 Å². The maximum Gasteiger partial charge on any atom is 0.337 e. The summed E-state index contributed by atoms with van der Waals surface area (Å²) in [5, 5.41) is 4.80. The quantitative estimate of drug-likeness (QED) is 0.772. The van der Waals surface area contributed by atoms with Gasteiger partial charge in [-0.2, -0.15) is 0 Å². The van der Waals surface area contributed by atoms with Crippen LogP contribution < -0.4 is 10.6 Å². The highest BCUT2D eigenvalue weighted by molar-refractivity contribution is 7.91. The molecule has 0 aliphatic carbocycles. The molecule has 1 aliphatic heterocycles. The molecule has 1 heterocycles. The van der Waals surface area contributed by atoms with Crippen LogP contribution in [0.1, 0.15) is 6.92 Å². The molecule has 1 aliphatic rings. The van der Waals surface area contributed by atoms with Gasteiger partial charge < -0.3 is 15.4 Å². The molecule has 0 atom stereocenters. The molecular formula is C14H16N2O5S. The molecule has 1 aromatic rings. The number of carbonyl (C=O) groups excluding carboxylic acids is 2. The number of benzene rings is 1. The molecule has 2 amide bonds. The second-order valence-corrected chi connectivity index (χ2v) is 6.55. The van der Waals surface area contributed by atoms with Crippen LogP contribution in [0.5, 0.6) is 0 Å². The lowest BCUT2D eigenvalue weighted by molar-refractivity contribution is -0.138. The predicted molar refractivity (Wildman–Crippen MR) is 78.7 cm³/mol. The standard InChI is InChI=1S/C14H16N2O5S/c1-2-21-13(17)11-8-15-14(18)16-12(11)9-22(19,20)10-6-4-3-5-7-10/h3-7H,2,8-9H2,1H3,(H2,15,16,18). The average Bonchev–Trinajstić information content (AvgIpc) is 2.48. The van der Waals surface area contributed by atoms with Crippen molar-refractivity contribution < 1.29 is 22.7 Å². The van der Waals surface area contributed by atoms with Gasteiger partial charge in [-0.1, -0.05) is 18.2 Å². The molecule has 0 saturated heterocycles. The van der Waals surface area contributed by atoms with E-state index in [1.807, 2.05) is 0 Å². The van der Waals surface area contributed by atoms with Crippen molar-refractivity contribution >= 4 is 21.8 Å². The summed E-state index contributed by atoms with van der Waals surface area (Å²) >= 11 is 0. The Hall–Kier alpha value is -2.35. The van der Waals surface area contributed by atoms with Gasteiger partial charge in [-0.3, -0.25) is 0 Å². The molecule has 118 valence electrons. The highest BCUT2D eigenvalue weighted by atomic mass is 32.2. The molecule has 2 N–H and O–H groups in total. The van der Waals surface area contributed by atoms with Crippen molar-refractivity contribution in [2.24, 2.45) is 0 Å². The molecule has 0 radical (unpaired) electrons. The van der Waals surface area contributed by atoms with E-state index in [0.717, 1.165) is 0 Å². The van der Waals surface area contributed by atoms with Crippen LogP contribution in [-0.2, 0) is 19.4 Å². The summed E-state index contributed by atoms with van der Waals surface area (Å²) in [7, 11) is -3.67. The van der Waals surface area contributed by atoms with Crippen LogP contribution in [0, 0.1) is 0 Å². The van der Waals surface area contributed by atoms with Gasteiger partial charge in [-0.25, -0.2) is 18.0 Å². The van der Waals surface area contributed by atoms with Gasteiger partial charge in [0.05, 0.1) is 29.4 Å². The van der Waals surface area contributed by atoms with Gasteiger partial charge in [0.15, 0.2) is 9.84 Å². The Labute approximate surface area is 128 Å². The Morgan fingerprint density at radius 1 is 1.27 bits per heavy atom. The van der Waals surface area contributed by atoms with Crippen LogP contribution in [0.2, 0.25) is 0 Å². The fraction of sp³-hybridized carbons (Fsp3) is 0.286. The van der Waals surface area contributed by atoms with Crippen LogP contribution in [0.15, 0.2) is 46.5 Å². The summed E-state index contributed by atoms with van der Waals surface area (Å²) in [5.41, 5.74) is 0.159. The Kier molecular flexibility index (Phi) is 4.81. The topological polar surface area (TPSA) is 102 Å². The van der Waals surface area contributed by atoms with Gasteiger partial charge in [0, 0.05) is 5.70 Å². The summed E-state index contributed by atoms with van der Waals surface area (Å²) in [6.07, 6.45) is 0. The minimum Gasteiger partial charge on any atom is -0.463 e. The van der Waals surface area contributed by atoms with E-state index < -0.39 is 27.6 Å². The van der Waals surface area contributed by atoms with Crippen LogP contribution in [0.3, 0.4) is 0 Å². The van der Waals surface area contributed by atoms with Gasteiger partial charge in [0.2, 0.25) is 0 Å². The zero-order chi connectivity index (χ0) is 16.2. The number of hydrogen-bond donors (Lipinski definition) is 2. The summed E-state index contributed by atoms with van der Waals surface area (Å²) < 4.78 is 29.6. The Morgan fingerprint density at radius 2 is 1.95 bits per heavy atom. The lowest BCUT2D eigenvalue weighted by atomic mass is 10.2. The first-order valence-corrected chi connectivity index (χ1v) is 8.31. The molecule has 1 aromatic carbocycles. The van der Waals surface area contributed by atoms with E-state index >= 15 is 0 Å². The summed E-state index contributed by atoms with van der Waals surface area (Å²) in [6, 6.07) is 7.29. The maximum absolute atomic E-state index is 12.4. The van der Waals surface area contributed by atoms with E-state index in [4.69, 9.17) is 4.74 Å². The number of rotatable bonds is 5. The van der Waals surface area contributed by atoms with E-state index in [1.165, 1.54) is 12.1 Å². The fourth-order valence-corrected chi connectivity index (χ4v) is 3.33. The molecule has 22 heavy (non-hydrogen) atoms. The van der Waals surface area contributed by atoms with Crippen LogP contribution >= 0.6 is 0 Å². The third kappa shape index (κ3) is 3.64. The number of nitrogens with one attached hydrogen (secondary N) is 2. The smallest absolute Gasteiger partial charge is 0.337 e. The summed E-state index contributed by atoms with van der Waals surface area (Å²) in [6.45, 7) is 1.74. The fourth-order valence-electron chi connectivity index (χ4n) is 1.97. The number of carbonyl (C=O) groups is 2. The Balaban J connectivity index is 2.34. The number of hydrogen-bond acceptors (Lipinski definition) is 5. The van der Waals surface area contributed by atoms with Crippen molar-refractivity contribution in [3.8, 4) is 0 Å². The van der Waals surface area contributed by atoms with E-state index in [9.17, 15) is 18.0 Å². The van der Waals surface area contributed by atoms with Crippen molar-refractivity contribution in [2.75, 3.05) is 18.9 Å². The third-order valence-corrected chi connectivity index (χ3v) is 4.67. The molecule has 7 nitrogen and oxygen atoms in total. The zero-order valence-corrected chi connectivity index (χ0v) is 12.8. The Morgan fingerprint density at radius 3 is 2.59 bits per heavy atom. The Bertz CT molecular complexity index is 710. The predicted octanol–water partition coefficient (Wildman–Crippen LogP) is 0.590. The van der Waals surface area contributed by atoms with Crippen molar-refractivity contribution in [2.45, 2.75) is 11.8 Å². The second-order valence-electron chi connectivity index (χ2n) is 4.56. The van der Waals surface area contributed by atoms with Gasteiger partial charge in [0.25, 0.3) is 0 Å². The molecule has 0 fully saturated rings. The van der Waals surface area contributed by atoms with Crippen LogP contribution in [-0.4, -0.2) is 39.3 Å². The number of amides is 2. The first-order chi connectivity index (χ1) is 10.4. The van der Waals surface area contributed by atoms with Gasteiger partial charge in [0.1, 0.15) is 0 Å². The molecule has 0 aromatic heterocycles. The number of sulfone groups is 1. The monoisotopic (exact) mass is 324 g/mol. The normalized spacial score (nSPS) is 15.0. The SMILES string of the molecule is CCOC(=O)C1=C(CS(=O)(=O)c2ccccc2)NC(=O)NC1. The third-order valence-electron chi connectivity index (χ3n) is 3.01. The van der Waals surface area contributed by atoms with Crippen molar-refractivity contribution in [1.29, 1.82) is 0 Å². The second kappa shape index (κ2) is 6.61. The summed E-state index contributed by atoms with van der Waals surface area (Å²) in [4.78, 5) is 23.4. The van der Waals surface area contributed by atoms with Gasteiger partial charge >= 0.3 is 12.0 Å². The van der Waals surface area contributed by atoms with E-state index in [2.05, 4.69) is 10.6 Å². The number of ether oxygens (including phenoxy) is 1. The summed E-state index contributed by atoms with van der Waals surface area (Å²) in [5.74, 6) is -1.12. The van der Waals surface area contributed by atoms with Crippen molar-refractivity contribution in [3.05, 3.63) is 41.6 Å². The van der Waals surface area contributed by atoms with Gasteiger partial charge in [-0.05, 0) is 19.1 Å². The molecule has 0 bridgehead atoms. The molecule has 0 unspecified atom stereocenters. The van der Waals surface area contributed by atoms with Crippen LogP contribution in [0.25, 0.3) is 0 Å². The van der Waals surface area contributed by atoms with E-state index in [-0.39, 0.29) is 29.3 Å². The lowest BCUT2D eigenvalue weighted by Gasteiger charge is -2.21. The van der Waals surface area contributed by atoms with Gasteiger partial charge in [-0.15, -0.1) is 0 Å². The molecular weight excluding hydrogens is 308 g/mol. The first kappa shape index (κ1) is 16.0. The minimum atomic E-state index is -3.67. The molecule has 2 rings (SSSR count). The number of urea groups is 1.